The quantitative estimate of drug-likeness (QED) is 0.114. The molecule has 7 atom stereocenters. The second-order valence-electron chi connectivity index (χ2n) is 17.2. The van der Waals surface area contributed by atoms with Gasteiger partial charge in [-0.2, -0.15) is 5.26 Å². The summed E-state index contributed by atoms with van der Waals surface area (Å²) < 4.78 is 28.4. The van der Waals surface area contributed by atoms with E-state index >= 15 is 4.79 Å². The van der Waals surface area contributed by atoms with Gasteiger partial charge < -0.3 is 35.1 Å². The van der Waals surface area contributed by atoms with Gasteiger partial charge in [0.05, 0.1) is 35.1 Å². The molecular formula is C44H53BrN4O7. The van der Waals surface area contributed by atoms with E-state index in [9.17, 15) is 15.2 Å². The third kappa shape index (κ3) is 5.90. The smallest absolute Gasteiger partial charge is 0.246 e. The van der Waals surface area contributed by atoms with Crippen molar-refractivity contribution < 1.29 is 33.6 Å². The van der Waals surface area contributed by atoms with Gasteiger partial charge in [-0.1, -0.05) is 29.4 Å². The highest BCUT2D eigenvalue weighted by atomic mass is 79.9. The molecular weight excluding hydrogens is 776 g/mol. The fourth-order valence-corrected chi connectivity index (χ4v) is 10.3. The summed E-state index contributed by atoms with van der Waals surface area (Å²) in [7, 11) is 0. The van der Waals surface area contributed by atoms with Crippen LogP contribution in [0.5, 0.6) is 17.2 Å². The summed E-state index contributed by atoms with van der Waals surface area (Å²) in [6, 6.07) is 2.40. The number of nitriles is 1. The first-order chi connectivity index (χ1) is 26.5. The van der Waals surface area contributed by atoms with Crippen molar-refractivity contribution >= 4 is 45.2 Å². The number of fused-ring (bicyclic) bond motifs is 3. The van der Waals surface area contributed by atoms with Crippen LogP contribution in [-0.2, 0) is 20.7 Å². The molecule has 1 saturated heterocycles. The molecule has 4 aliphatic heterocycles. The molecule has 0 radical (unpaired) electrons. The Morgan fingerprint density at radius 2 is 1.88 bits per heavy atom. The zero-order valence-electron chi connectivity index (χ0n) is 33.6. The fraction of sp³-hybridized carbons (Fsp3) is 0.545. The lowest BCUT2D eigenvalue weighted by molar-refractivity contribution is -0.183. The van der Waals surface area contributed by atoms with Crippen molar-refractivity contribution in [3.05, 3.63) is 63.3 Å². The number of ketones is 1. The number of amidine groups is 1. The van der Waals surface area contributed by atoms with Crippen molar-refractivity contribution in [3.63, 3.8) is 0 Å². The largest absolute Gasteiger partial charge is 0.482 e. The van der Waals surface area contributed by atoms with Gasteiger partial charge in [0.2, 0.25) is 5.91 Å². The number of aliphatic hydroxyl groups is 1. The molecule has 12 heteroatoms. The number of ether oxygens (including phenoxy) is 4. The highest BCUT2D eigenvalue weighted by molar-refractivity contribution is 9.09. The van der Waals surface area contributed by atoms with Crippen LogP contribution >= 0.6 is 15.9 Å². The maximum atomic E-state index is 15.3. The van der Waals surface area contributed by atoms with Crippen LogP contribution in [0.25, 0.3) is 11.8 Å². The summed E-state index contributed by atoms with van der Waals surface area (Å²) in [5, 5.41) is 22.7. The van der Waals surface area contributed by atoms with Gasteiger partial charge in [0.1, 0.15) is 40.1 Å². The van der Waals surface area contributed by atoms with Crippen molar-refractivity contribution in [2.24, 2.45) is 34.4 Å². The Bertz CT molecular complexity index is 2120. The number of nitrogens with zero attached hydrogens (tertiary/aromatic N) is 2. The van der Waals surface area contributed by atoms with E-state index in [1.54, 1.807) is 13.0 Å². The van der Waals surface area contributed by atoms with E-state index in [-0.39, 0.29) is 48.5 Å². The number of hydrogen-bond acceptors (Lipinski definition) is 10. The minimum Gasteiger partial charge on any atom is -0.482 e. The molecule has 4 N–H and O–H groups in total. The molecule has 1 amide bonds. The fourth-order valence-electron chi connectivity index (χ4n) is 10.1. The molecule has 4 heterocycles. The number of halogens is 1. The summed E-state index contributed by atoms with van der Waals surface area (Å²) in [6.45, 7) is 15.9. The zero-order valence-corrected chi connectivity index (χ0v) is 35.2. The number of Topliss-reactive ketones (excluding diaryl/α,β-unsaturated/α-hetero) is 1. The topological polar surface area (TPSA) is 165 Å². The molecule has 298 valence electrons. The van der Waals surface area contributed by atoms with Crippen molar-refractivity contribution in [1.82, 2.24) is 5.32 Å². The Hall–Kier alpha value is -4.18. The van der Waals surface area contributed by atoms with Crippen molar-refractivity contribution in [3.8, 4) is 23.3 Å². The minimum absolute atomic E-state index is 0.0383. The molecule has 56 heavy (non-hydrogen) atoms. The standard InChI is InChI=1S/C44H53BrN4O7/c1-23(2)10-9-15-42(8)16-14-27-35(54-42)26(12-11-24(3)4)37-32(36(27)53-22-45)34-33-31(29(21-46)39(47)49-34)28-20-30-41(6,7)56-43(38(28)51,44(30,33)55-37)17-13-25(5)40(52)48-18-19-50/h10-11,13-14,16,28-31,50H,9,12,15,17-20,22H2,1-8H3,(H2,47,49)(H,48,52). The average molecular weight is 830 g/mol. The van der Waals surface area contributed by atoms with Crippen molar-refractivity contribution in [2.75, 3.05) is 18.7 Å². The van der Waals surface area contributed by atoms with E-state index in [1.165, 1.54) is 5.57 Å². The number of benzene rings is 1. The molecule has 3 saturated carbocycles. The molecule has 1 aromatic rings. The predicted molar refractivity (Wildman–Crippen MR) is 218 cm³/mol. The van der Waals surface area contributed by atoms with E-state index in [0.29, 0.717) is 46.9 Å². The average Bonchev–Trinajstić information content (AvgIpc) is 3.28. The number of nitrogens with one attached hydrogen (secondary N) is 1. The molecule has 4 bridgehead atoms. The third-order valence-electron chi connectivity index (χ3n) is 12.6. The number of rotatable bonds is 12. The molecule has 7 aliphatic rings. The van der Waals surface area contributed by atoms with Gasteiger partial charge >= 0.3 is 0 Å². The first-order valence-electron chi connectivity index (χ1n) is 19.5. The molecule has 3 aliphatic carbocycles. The lowest BCUT2D eigenvalue weighted by Gasteiger charge is -2.62. The van der Waals surface area contributed by atoms with E-state index in [2.05, 4.69) is 72.4 Å². The van der Waals surface area contributed by atoms with Crippen molar-refractivity contribution in [1.29, 1.82) is 5.26 Å². The van der Waals surface area contributed by atoms with Crippen LogP contribution in [0.4, 0.5) is 0 Å². The number of amides is 1. The van der Waals surface area contributed by atoms with Crippen LogP contribution < -0.4 is 25.3 Å². The molecule has 7 unspecified atom stereocenters. The number of alkyl halides is 1. The van der Waals surface area contributed by atoms with Crippen LogP contribution in [0.3, 0.4) is 0 Å². The number of nitrogens with two attached hydrogens (primary N) is 1. The van der Waals surface area contributed by atoms with Gasteiger partial charge in [-0.15, -0.1) is 0 Å². The van der Waals surface area contributed by atoms with Gasteiger partial charge in [0.15, 0.2) is 17.0 Å². The predicted octanol–water partition coefficient (Wildman–Crippen LogP) is 7.02. The maximum Gasteiger partial charge on any atom is 0.246 e. The normalized spacial score (nSPS) is 31.2. The maximum absolute atomic E-state index is 15.3. The second-order valence-corrected chi connectivity index (χ2v) is 17.7. The third-order valence-corrected chi connectivity index (χ3v) is 12.8. The zero-order chi connectivity index (χ0) is 40.5. The number of aliphatic imine (C=N–C) groups is 1. The van der Waals surface area contributed by atoms with E-state index in [0.717, 1.165) is 35.1 Å². The second kappa shape index (κ2) is 14.3. The minimum atomic E-state index is -1.57. The number of allylic oxidation sites excluding steroid dienone is 4. The lowest BCUT2D eigenvalue weighted by atomic mass is 9.44. The van der Waals surface area contributed by atoms with Crippen LogP contribution in [0.1, 0.15) is 97.8 Å². The summed E-state index contributed by atoms with van der Waals surface area (Å²) >= 11 is 3.52. The summed E-state index contributed by atoms with van der Waals surface area (Å²) in [5.74, 6) is -1.17. The summed E-state index contributed by atoms with van der Waals surface area (Å²) in [6.07, 6.45) is 12.7. The van der Waals surface area contributed by atoms with Gasteiger partial charge in [0.25, 0.3) is 0 Å². The van der Waals surface area contributed by atoms with Crippen molar-refractivity contribution in [2.45, 2.75) is 110 Å². The Balaban J connectivity index is 1.54. The lowest BCUT2D eigenvalue weighted by Crippen LogP contribution is -2.75. The number of hydrogen-bond donors (Lipinski definition) is 3. The Morgan fingerprint density at radius 1 is 1.14 bits per heavy atom. The molecule has 1 spiro atoms. The van der Waals surface area contributed by atoms with E-state index < -0.39 is 40.2 Å². The van der Waals surface area contributed by atoms with E-state index in [1.807, 2.05) is 27.7 Å². The number of carbonyl (C=O) groups is 2. The highest BCUT2D eigenvalue weighted by Gasteiger charge is 2.84. The van der Waals surface area contributed by atoms with E-state index in [4.69, 9.17) is 29.7 Å². The van der Waals surface area contributed by atoms with Crippen LogP contribution in [0, 0.1) is 35.0 Å². The molecule has 11 nitrogen and oxygen atoms in total. The van der Waals surface area contributed by atoms with Crippen LogP contribution in [0.2, 0.25) is 0 Å². The Labute approximate surface area is 337 Å². The number of carbonyl (C=O) groups excluding carboxylic acids is 2. The first-order valence-corrected chi connectivity index (χ1v) is 20.7. The van der Waals surface area contributed by atoms with Gasteiger partial charge in [-0.05, 0) is 109 Å². The van der Waals surface area contributed by atoms with Crippen LogP contribution in [-0.4, -0.2) is 63.7 Å². The Kier molecular flexibility index (Phi) is 10.2. The molecule has 4 fully saturated rings. The summed E-state index contributed by atoms with van der Waals surface area (Å²) in [4.78, 5) is 33.5. The van der Waals surface area contributed by atoms with Gasteiger partial charge in [0, 0.05) is 47.4 Å². The molecule has 8 rings (SSSR count). The first kappa shape index (κ1) is 40.0. The highest BCUT2D eigenvalue weighted by Crippen LogP contribution is 2.74. The summed E-state index contributed by atoms with van der Waals surface area (Å²) in [5.41, 5.74) is 8.55. The van der Waals surface area contributed by atoms with Gasteiger partial charge in [-0.3, -0.25) is 9.59 Å². The SMILES string of the molecule is CC(C)=CCCC1(C)C=Cc2c(c(CC=C(C)C)c3c(c2OCBr)C2=C4C(C(C#N)C(N)=N2)C2CC5C(C)(C)OC(CC=C(C)C(=O)NCCO)(C2=O)C45O3)O1. The van der Waals surface area contributed by atoms with Gasteiger partial charge in [-0.25, -0.2) is 4.99 Å². The van der Waals surface area contributed by atoms with Crippen LogP contribution in [0.15, 0.2) is 51.6 Å². The number of aliphatic hydroxyl groups excluding tert-OH is 1. The monoisotopic (exact) mass is 828 g/mol. The Morgan fingerprint density at radius 3 is 2.54 bits per heavy atom. The molecule has 1 aromatic carbocycles. The molecule has 0 aromatic heterocycles.